The number of aryl methyl sites for hydroxylation is 1. The van der Waals surface area contributed by atoms with Gasteiger partial charge < -0.3 is 10.2 Å². The minimum Gasteiger partial charge on any atom is -0.396 e. The van der Waals surface area contributed by atoms with Crippen LogP contribution in [-0.4, -0.2) is 32.7 Å². The molecule has 1 aromatic heterocycles. The number of nitrogens with zero attached hydrogens (tertiary/aromatic N) is 2. The summed E-state index contributed by atoms with van der Waals surface area (Å²) in [4.78, 5) is 0. The first-order valence-corrected chi connectivity index (χ1v) is 4.49. The first-order chi connectivity index (χ1) is 6.22. The van der Waals surface area contributed by atoms with Crippen molar-refractivity contribution in [3.05, 3.63) is 18.0 Å². The average molecular weight is 184 g/mol. The molecule has 1 heterocycles. The molecular formula is C9H16N2O2. The van der Waals surface area contributed by atoms with Crippen LogP contribution in [0.1, 0.15) is 18.4 Å². The standard InChI is InChI=1S/C9H16N2O2/c1-11-7-8(6-10-11)5-9(13)3-2-4-12/h6-7,9,12-13H,2-5H2,1H3. The monoisotopic (exact) mass is 184 g/mol. The van der Waals surface area contributed by atoms with Crippen molar-refractivity contribution in [2.24, 2.45) is 7.05 Å². The fourth-order valence-electron chi connectivity index (χ4n) is 1.28. The van der Waals surface area contributed by atoms with Crippen molar-refractivity contribution < 1.29 is 10.2 Å². The van der Waals surface area contributed by atoms with Crippen molar-refractivity contribution in [3.63, 3.8) is 0 Å². The van der Waals surface area contributed by atoms with E-state index < -0.39 is 0 Å². The van der Waals surface area contributed by atoms with Crippen molar-refractivity contribution in [1.29, 1.82) is 0 Å². The van der Waals surface area contributed by atoms with Crippen molar-refractivity contribution >= 4 is 0 Å². The molecule has 0 radical (unpaired) electrons. The lowest BCUT2D eigenvalue weighted by Gasteiger charge is -2.06. The lowest BCUT2D eigenvalue weighted by atomic mass is 10.1. The van der Waals surface area contributed by atoms with Crippen LogP contribution in [0.2, 0.25) is 0 Å². The highest BCUT2D eigenvalue weighted by molar-refractivity contribution is 5.04. The van der Waals surface area contributed by atoms with Crippen molar-refractivity contribution in [3.8, 4) is 0 Å². The zero-order valence-electron chi connectivity index (χ0n) is 7.85. The lowest BCUT2D eigenvalue weighted by Crippen LogP contribution is -2.10. The van der Waals surface area contributed by atoms with Gasteiger partial charge in [0.25, 0.3) is 0 Å². The topological polar surface area (TPSA) is 58.3 Å². The quantitative estimate of drug-likeness (QED) is 0.682. The second-order valence-electron chi connectivity index (χ2n) is 3.25. The van der Waals surface area contributed by atoms with Gasteiger partial charge in [0, 0.05) is 26.3 Å². The molecule has 0 aliphatic carbocycles. The average Bonchev–Trinajstić information content (AvgIpc) is 2.48. The molecule has 4 heteroatoms. The summed E-state index contributed by atoms with van der Waals surface area (Å²) < 4.78 is 1.72. The zero-order valence-corrected chi connectivity index (χ0v) is 7.85. The number of aliphatic hydroxyl groups is 2. The molecule has 0 aliphatic heterocycles. The van der Waals surface area contributed by atoms with Crippen LogP contribution in [0.4, 0.5) is 0 Å². The Hall–Kier alpha value is -0.870. The zero-order chi connectivity index (χ0) is 9.68. The summed E-state index contributed by atoms with van der Waals surface area (Å²) in [5, 5.41) is 22.1. The highest BCUT2D eigenvalue weighted by Crippen LogP contribution is 2.05. The Morgan fingerprint density at radius 2 is 2.38 bits per heavy atom. The van der Waals surface area contributed by atoms with Crippen molar-refractivity contribution in [2.75, 3.05) is 6.61 Å². The van der Waals surface area contributed by atoms with Gasteiger partial charge >= 0.3 is 0 Å². The van der Waals surface area contributed by atoms with Gasteiger partial charge in [-0.3, -0.25) is 4.68 Å². The number of hydrogen-bond donors (Lipinski definition) is 2. The van der Waals surface area contributed by atoms with Crippen LogP contribution in [-0.2, 0) is 13.5 Å². The number of aliphatic hydroxyl groups excluding tert-OH is 2. The number of aromatic nitrogens is 2. The Morgan fingerprint density at radius 3 is 2.92 bits per heavy atom. The van der Waals surface area contributed by atoms with Crippen LogP contribution in [0.15, 0.2) is 12.4 Å². The maximum atomic E-state index is 9.49. The molecule has 0 saturated carbocycles. The molecule has 0 spiro atoms. The van der Waals surface area contributed by atoms with Crippen LogP contribution in [0, 0.1) is 0 Å². The van der Waals surface area contributed by atoms with E-state index in [0.717, 1.165) is 5.56 Å². The highest BCUT2D eigenvalue weighted by atomic mass is 16.3. The van der Waals surface area contributed by atoms with E-state index in [2.05, 4.69) is 5.10 Å². The highest BCUT2D eigenvalue weighted by Gasteiger charge is 2.06. The molecule has 74 valence electrons. The summed E-state index contributed by atoms with van der Waals surface area (Å²) in [5.74, 6) is 0. The third-order valence-corrected chi connectivity index (χ3v) is 1.93. The van der Waals surface area contributed by atoms with E-state index in [1.54, 1.807) is 10.9 Å². The van der Waals surface area contributed by atoms with Gasteiger partial charge in [-0.05, 0) is 18.4 Å². The minimum atomic E-state index is -0.364. The predicted octanol–water partition coefficient (Wildman–Crippen LogP) is 0.0960. The van der Waals surface area contributed by atoms with Gasteiger partial charge in [0.15, 0.2) is 0 Å². The van der Waals surface area contributed by atoms with Gasteiger partial charge in [0.05, 0.1) is 12.3 Å². The molecule has 0 aromatic carbocycles. The Labute approximate surface area is 77.8 Å². The van der Waals surface area contributed by atoms with E-state index in [4.69, 9.17) is 5.11 Å². The molecule has 1 unspecified atom stereocenters. The molecule has 4 nitrogen and oxygen atoms in total. The van der Waals surface area contributed by atoms with Gasteiger partial charge in [0.1, 0.15) is 0 Å². The van der Waals surface area contributed by atoms with Crippen LogP contribution < -0.4 is 0 Å². The first-order valence-electron chi connectivity index (χ1n) is 4.49. The smallest absolute Gasteiger partial charge is 0.0582 e. The summed E-state index contributed by atoms with van der Waals surface area (Å²) in [5.41, 5.74) is 1.04. The minimum absolute atomic E-state index is 0.143. The van der Waals surface area contributed by atoms with Gasteiger partial charge in [-0.1, -0.05) is 0 Å². The van der Waals surface area contributed by atoms with E-state index >= 15 is 0 Å². The number of hydrogen-bond acceptors (Lipinski definition) is 3. The molecule has 13 heavy (non-hydrogen) atoms. The lowest BCUT2D eigenvalue weighted by molar-refractivity contribution is 0.150. The molecule has 1 atom stereocenters. The van der Waals surface area contributed by atoms with Crippen molar-refractivity contribution in [1.82, 2.24) is 9.78 Å². The molecule has 0 amide bonds. The second kappa shape index (κ2) is 4.99. The predicted molar refractivity (Wildman–Crippen MR) is 49.2 cm³/mol. The molecule has 1 rings (SSSR count). The third kappa shape index (κ3) is 3.57. The van der Waals surface area contributed by atoms with Gasteiger partial charge in [0.2, 0.25) is 0 Å². The van der Waals surface area contributed by atoms with Crippen LogP contribution in [0.5, 0.6) is 0 Å². The van der Waals surface area contributed by atoms with Gasteiger partial charge in [-0.25, -0.2) is 0 Å². The summed E-state index contributed by atoms with van der Waals surface area (Å²) in [6.07, 6.45) is 5.20. The molecule has 1 aromatic rings. The van der Waals surface area contributed by atoms with Crippen molar-refractivity contribution in [2.45, 2.75) is 25.4 Å². The fourth-order valence-corrected chi connectivity index (χ4v) is 1.28. The summed E-state index contributed by atoms with van der Waals surface area (Å²) >= 11 is 0. The first kappa shape index (κ1) is 10.2. The van der Waals surface area contributed by atoms with Crippen LogP contribution in [0.3, 0.4) is 0 Å². The summed E-state index contributed by atoms with van der Waals surface area (Å²) in [6, 6.07) is 0. The largest absolute Gasteiger partial charge is 0.396 e. The SMILES string of the molecule is Cn1cc(CC(O)CCCO)cn1. The Balaban J connectivity index is 2.31. The van der Waals surface area contributed by atoms with Crippen LogP contribution in [0.25, 0.3) is 0 Å². The van der Waals surface area contributed by atoms with E-state index in [1.165, 1.54) is 0 Å². The van der Waals surface area contributed by atoms with Crippen LogP contribution >= 0.6 is 0 Å². The molecule has 0 saturated heterocycles. The second-order valence-corrected chi connectivity index (χ2v) is 3.25. The summed E-state index contributed by atoms with van der Waals surface area (Å²) in [6.45, 7) is 0.143. The molecule has 0 bridgehead atoms. The molecule has 0 fully saturated rings. The maximum Gasteiger partial charge on any atom is 0.0582 e. The fraction of sp³-hybridized carbons (Fsp3) is 0.667. The Morgan fingerprint density at radius 1 is 1.62 bits per heavy atom. The van der Waals surface area contributed by atoms with E-state index in [9.17, 15) is 5.11 Å². The van der Waals surface area contributed by atoms with E-state index in [1.807, 2.05) is 13.2 Å². The summed E-state index contributed by atoms with van der Waals surface area (Å²) in [7, 11) is 1.85. The van der Waals surface area contributed by atoms with E-state index in [-0.39, 0.29) is 12.7 Å². The van der Waals surface area contributed by atoms with E-state index in [0.29, 0.717) is 19.3 Å². The third-order valence-electron chi connectivity index (χ3n) is 1.93. The van der Waals surface area contributed by atoms with Gasteiger partial charge in [-0.15, -0.1) is 0 Å². The normalized spacial score (nSPS) is 13.2. The molecule has 0 aliphatic rings. The molecule has 2 N–H and O–H groups in total. The molecular weight excluding hydrogens is 168 g/mol. The van der Waals surface area contributed by atoms with Gasteiger partial charge in [-0.2, -0.15) is 5.10 Å². The Bertz CT molecular complexity index is 248. The number of rotatable bonds is 5. The maximum absolute atomic E-state index is 9.49. The Kier molecular flexibility index (Phi) is 3.92.